The van der Waals surface area contributed by atoms with E-state index in [1.807, 2.05) is 48.9 Å². The summed E-state index contributed by atoms with van der Waals surface area (Å²) in [5.41, 5.74) is 1.96. The molecule has 0 radical (unpaired) electrons. The molecule has 0 saturated carbocycles. The summed E-state index contributed by atoms with van der Waals surface area (Å²) in [5, 5.41) is 2.99. The molecule has 3 aromatic rings. The Morgan fingerprint density at radius 1 is 1.29 bits per heavy atom. The molecule has 1 N–H and O–H groups in total. The maximum Gasteiger partial charge on any atom is 0.253 e. The minimum atomic E-state index is -0.168. The third kappa shape index (κ3) is 3.53. The van der Waals surface area contributed by atoms with E-state index in [1.165, 1.54) is 0 Å². The minimum Gasteiger partial charge on any atom is -0.491 e. The van der Waals surface area contributed by atoms with Crippen LogP contribution in [-0.2, 0) is 7.05 Å². The second-order valence-electron chi connectivity index (χ2n) is 5.62. The number of imidazole rings is 1. The first-order valence-electron chi connectivity index (χ1n) is 7.93. The summed E-state index contributed by atoms with van der Waals surface area (Å²) in [6, 6.07) is 11.2. The number of nitrogens with one attached hydrogen (secondary N) is 1. The zero-order valence-electron chi connectivity index (χ0n) is 13.8. The van der Waals surface area contributed by atoms with Crippen molar-refractivity contribution in [3.63, 3.8) is 0 Å². The highest BCUT2D eigenvalue weighted by molar-refractivity contribution is 5.96. The summed E-state index contributed by atoms with van der Waals surface area (Å²) in [4.78, 5) is 21.0. The highest BCUT2D eigenvalue weighted by atomic mass is 16.5. The number of carbonyl (C=O) groups is 1. The number of carbonyl (C=O) groups excluding carboxylic acids is 1. The smallest absolute Gasteiger partial charge is 0.253 e. The van der Waals surface area contributed by atoms with E-state index in [9.17, 15) is 4.79 Å². The fourth-order valence-electron chi connectivity index (χ4n) is 2.38. The van der Waals surface area contributed by atoms with Crippen LogP contribution in [0, 0.1) is 0 Å². The van der Waals surface area contributed by atoms with Crippen LogP contribution >= 0.6 is 0 Å². The second-order valence-corrected chi connectivity index (χ2v) is 5.62. The Morgan fingerprint density at radius 2 is 2.08 bits per heavy atom. The highest BCUT2D eigenvalue weighted by Crippen LogP contribution is 2.12. The van der Waals surface area contributed by atoms with Crippen molar-refractivity contribution in [2.45, 2.75) is 19.4 Å². The van der Waals surface area contributed by atoms with Gasteiger partial charge in [-0.1, -0.05) is 25.1 Å². The fraction of sp³-hybridized carbons (Fsp3) is 0.278. The molecule has 1 unspecified atom stereocenters. The zero-order valence-corrected chi connectivity index (χ0v) is 13.8. The van der Waals surface area contributed by atoms with Gasteiger partial charge in [0, 0.05) is 13.2 Å². The van der Waals surface area contributed by atoms with Gasteiger partial charge in [-0.25, -0.2) is 9.97 Å². The number of nitrogens with zero attached hydrogens (tertiary/aromatic N) is 3. The molecule has 2 aromatic heterocycles. The molecule has 0 aliphatic heterocycles. The number of ether oxygens (including phenoxy) is 1. The van der Waals surface area contributed by atoms with Gasteiger partial charge in [-0.05, 0) is 24.6 Å². The van der Waals surface area contributed by atoms with E-state index in [-0.39, 0.29) is 11.9 Å². The standard InChI is InChI=1S/C18H20N4O2/c1-3-14(11-24-15-7-5-4-6-8-15)21-18(23)13-9-16-17(19-10-13)22(2)12-20-16/h4-10,12,14H,3,11H2,1-2H3,(H,21,23). The molecule has 1 amide bonds. The van der Waals surface area contributed by atoms with Crippen molar-refractivity contribution in [2.24, 2.45) is 7.05 Å². The molecule has 3 rings (SSSR count). The molecule has 0 spiro atoms. The number of amides is 1. The predicted octanol–water partition coefficient (Wildman–Crippen LogP) is 2.56. The lowest BCUT2D eigenvalue weighted by molar-refractivity contribution is 0.0920. The molecule has 6 heteroatoms. The number of pyridine rings is 1. The van der Waals surface area contributed by atoms with Crippen LogP contribution < -0.4 is 10.1 Å². The van der Waals surface area contributed by atoms with Gasteiger partial charge in [0.15, 0.2) is 5.65 Å². The Morgan fingerprint density at radius 3 is 2.83 bits per heavy atom. The number of aromatic nitrogens is 3. The maximum absolute atomic E-state index is 12.4. The van der Waals surface area contributed by atoms with Crippen LogP contribution in [0.4, 0.5) is 0 Å². The largest absolute Gasteiger partial charge is 0.491 e. The topological polar surface area (TPSA) is 69.0 Å². The van der Waals surface area contributed by atoms with Gasteiger partial charge in [-0.2, -0.15) is 0 Å². The van der Waals surface area contributed by atoms with E-state index in [0.717, 1.165) is 17.8 Å². The summed E-state index contributed by atoms with van der Waals surface area (Å²) in [5.74, 6) is 0.625. The monoisotopic (exact) mass is 324 g/mol. The molecule has 0 bridgehead atoms. The molecule has 1 aromatic carbocycles. The summed E-state index contributed by atoms with van der Waals surface area (Å²) >= 11 is 0. The van der Waals surface area contributed by atoms with Gasteiger partial charge in [0.1, 0.15) is 17.9 Å². The molecule has 24 heavy (non-hydrogen) atoms. The molecule has 1 atom stereocenters. The lowest BCUT2D eigenvalue weighted by Gasteiger charge is -2.17. The molecular weight excluding hydrogens is 304 g/mol. The van der Waals surface area contributed by atoms with Gasteiger partial charge in [-0.15, -0.1) is 0 Å². The Kier molecular flexibility index (Phi) is 4.74. The van der Waals surface area contributed by atoms with Crippen LogP contribution in [0.2, 0.25) is 0 Å². The van der Waals surface area contributed by atoms with E-state index < -0.39 is 0 Å². The number of rotatable bonds is 6. The number of para-hydroxylation sites is 1. The van der Waals surface area contributed by atoms with Crippen LogP contribution in [0.1, 0.15) is 23.7 Å². The first-order valence-corrected chi connectivity index (χ1v) is 7.93. The van der Waals surface area contributed by atoms with E-state index in [1.54, 1.807) is 18.6 Å². The zero-order chi connectivity index (χ0) is 16.9. The fourth-order valence-corrected chi connectivity index (χ4v) is 2.38. The van der Waals surface area contributed by atoms with Crippen LogP contribution in [0.3, 0.4) is 0 Å². The summed E-state index contributed by atoms with van der Waals surface area (Å²) in [7, 11) is 1.87. The average Bonchev–Trinajstić information content (AvgIpc) is 2.99. The van der Waals surface area contributed by atoms with Crippen molar-refractivity contribution >= 4 is 17.1 Å². The predicted molar refractivity (Wildman–Crippen MR) is 92.0 cm³/mol. The van der Waals surface area contributed by atoms with Crippen LogP contribution in [0.25, 0.3) is 11.2 Å². The molecule has 2 heterocycles. The van der Waals surface area contributed by atoms with Gasteiger partial charge in [0.25, 0.3) is 5.91 Å². The number of fused-ring (bicyclic) bond motifs is 1. The van der Waals surface area contributed by atoms with E-state index >= 15 is 0 Å². The van der Waals surface area contributed by atoms with Gasteiger partial charge in [-0.3, -0.25) is 4.79 Å². The number of benzene rings is 1. The van der Waals surface area contributed by atoms with Gasteiger partial charge in [0.2, 0.25) is 0 Å². The molecule has 6 nitrogen and oxygen atoms in total. The minimum absolute atomic E-state index is 0.0721. The molecule has 0 saturated heterocycles. The molecule has 0 fully saturated rings. The van der Waals surface area contributed by atoms with E-state index in [0.29, 0.717) is 17.7 Å². The summed E-state index contributed by atoms with van der Waals surface area (Å²) in [6.07, 6.45) is 4.03. The molecular formula is C18H20N4O2. The number of hydrogen-bond acceptors (Lipinski definition) is 4. The molecule has 124 valence electrons. The molecule has 0 aliphatic carbocycles. The van der Waals surface area contributed by atoms with Crippen molar-refractivity contribution < 1.29 is 9.53 Å². The average molecular weight is 324 g/mol. The summed E-state index contributed by atoms with van der Waals surface area (Å²) in [6.45, 7) is 2.44. The van der Waals surface area contributed by atoms with Crippen molar-refractivity contribution in [3.8, 4) is 5.75 Å². The van der Waals surface area contributed by atoms with Crippen LogP contribution in [0.15, 0.2) is 48.9 Å². The Hall–Kier alpha value is -2.89. The third-order valence-corrected chi connectivity index (χ3v) is 3.84. The van der Waals surface area contributed by atoms with Crippen molar-refractivity contribution in [1.82, 2.24) is 19.9 Å². The summed E-state index contributed by atoms with van der Waals surface area (Å²) < 4.78 is 7.54. The maximum atomic E-state index is 12.4. The Balaban J connectivity index is 1.64. The SMILES string of the molecule is CCC(COc1ccccc1)NC(=O)c1cnc2c(c1)ncn2C. The van der Waals surface area contributed by atoms with Crippen molar-refractivity contribution in [3.05, 3.63) is 54.5 Å². The normalized spacial score (nSPS) is 12.1. The van der Waals surface area contributed by atoms with E-state index in [2.05, 4.69) is 15.3 Å². The third-order valence-electron chi connectivity index (χ3n) is 3.84. The highest BCUT2D eigenvalue weighted by Gasteiger charge is 2.14. The Labute approximate surface area is 140 Å². The van der Waals surface area contributed by atoms with E-state index in [4.69, 9.17) is 4.74 Å². The number of hydrogen-bond donors (Lipinski definition) is 1. The second kappa shape index (κ2) is 7.12. The Bertz CT molecular complexity index is 829. The lowest BCUT2D eigenvalue weighted by atomic mass is 10.2. The molecule has 0 aliphatic rings. The van der Waals surface area contributed by atoms with Crippen LogP contribution in [-0.4, -0.2) is 33.1 Å². The first-order chi connectivity index (χ1) is 11.7. The van der Waals surface area contributed by atoms with Gasteiger partial charge < -0.3 is 14.6 Å². The van der Waals surface area contributed by atoms with Crippen LogP contribution in [0.5, 0.6) is 5.75 Å². The lowest BCUT2D eigenvalue weighted by Crippen LogP contribution is -2.38. The van der Waals surface area contributed by atoms with Gasteiger partial charge >= 0.3 is 0 Å². The number of aryl methyl sites for hydroxylation is 1. The van der Waals surface area contributed by atoms with Crippen molar-refractivity contribution in [1.29, 1.82) is 0 Å². The van der Waals surface area contributed by atoms with Gasteiger partial charge in [0.05, 0.1) is 17.9 Å². The first kappa shape index (κ1) is 16.0. The van der Waals surface area contributed by atoms with Crippen molar-refractivity contribution in [2.75, 3.05) is 6.61 Å². The quantitative estimate of drug-likeness (QED) is 0.756.